The maximum Gasteiger partial charge on any atom is 0.254 e. The molecule has 0 bridgehead atoms. The lowest BCUT2D eigenvalue weighted by Gasteiger charge is -2.14. The molecule has 6 heteroatoms. The van der Waals surface area contributed by atoms with E-state index in [2.05, 4.69) is 31.2 Å². The molecule has 25 heavy (non-hydrogen) atoms. The number of ether oxygens (including phenoxy) is 2. The number of rotatable bonds is 6. The molecule has 1 heterocycles. The smallest absolute Gasteiger partial charge is 0.254 e. The number of anilines is 1. The first-order valence-electron chi connectivity index (χ1n) is 8.30. The minimum Gasteiger partial charge on any atom is -0.497 e. The molecule has 0 aliphatic carbocycles. The number of hydrogen-bond acceptors (Lipinski definition) is 4. The van der Waals surface area contributed by atoms with Crippen LogP contribution in [0.5, 0.6) is 5.75 Å². The van der Waals surface area contributed by atoms with E-state index in [1.165, 1.54) is 0 Å². The molecule has 0 unspecified atom stereocenters. The molecule has 0 aliphatic rings. The molecule has 0 radical (unpaired) electrons. The standard InChI is InChI=1S/C19H27N3O3/c1-13(25-12-14-8-7-9-15(10-14)24-6)18(23)20-17-11-16(19(2,3)4)21-22(17)5/h7-11,13H,12H2,1-6H3,(H,20,23)/t13-/m0/s1. The van der Waals surface area contributed by atoms with Crippen molar-refractivity contribution in [1.29, 1.82) is 0 Å². The zero-order chi connectivity index (χ0) is 18.6. The molecule has 136 valence electrons. The summed E-state index contributed by atoms with van der Waals surface area (Å²) in [5.41, 5.74) is 1.81. The van der Waals surface area contributed by atoms with E-state index >= 15 is 0 Å². The number of carbonyl (C=O) groups excluding carboxylic acids is 1. The van der Waals surface area contributed by atoms with Gasteiger partial charge >= 0.3 is 0 Å². The van der Waals surface area contributed by atoms with Crippen LogP contribution in [-0.4, -0.2) is 28.9 Å². The molecule has 0 saturated heterocycles. The van der Waals surface area contributed by atoms with E-state index in [0.717, 1.165) is 17.0 Å². The molecule has 1 aromatic heterocycles. The molecular weight excluding hydrogens is 318 g/mol. The lowest BCUT2D eigenvalue weighted by molar-refractivity contribution is -0.127. The van der Waals surface area contributed by atoms with Gasteiger partial charge in [-0.05, 0) is 24.6 Å². The second-order valence-corrected chi connectivity index (χ2v) is 7.08. The van der Waals surface area contributed by atoms with Gasteiger partial charge in [0.1, 0.15) is 17.7 Å². The number of hydrogen-bond donors (Lipinski definition) is 1. The van der Waals surface area contributed by atoms with E-state index in [0.29, 0.717) is 12.4 Å². The van der Waals surface area contributed by atoms with Crippen molar-refractivity contribution in [3.05, 3.63) is 41.6 Å². The van der Waals surface area contributed by atoms with E-state index in [9.17, 15) is 4.79 Å². The van der Waals surface area contributed by atoms with Gasteiger partial charge in [-0.2, -0.15) is 5.10 Å². The predicted molar refractivity (Wildman–Crippen MR) is 97.8 cm³/mol. The Morgan fingerprint density at radius 2 is 2.04 bits per heavy atom. The third kappa shape index (κ3) is 5.06. The Labute approximate surface area is 149 Å². The molecule has 1 atom stereocenters. The minimum absolute atomic E-state index is 0.0742. The van der Waals surface area contributed by atoms with Gasteiger partial charge in [-0.3, -0.25) is 9.48 Å². The van der Waals surface area contributed by atoms with Crippen LogP contribution < -0.4 is 10.1 Å². The van der Waals surface area contributed by atoms with Crippen LogP contribution in [0.4, 0.5) is 5.82 Å². The fraction of sp³-hybridized carbons (Fsp3) is 0.474. The fourth-order valence-corrected chi connectivity index (χ4v) is 2.24. The van der Waals surface area contributed by atoms with E-state index in [1.54, 1.807) is 18.7 Å². The van der Waals surface area contributed by atoms with Gasteiger partial charge in [-0.25, -0.2) is 0 Å². The van der Waals surface area contributed by atoms with Crippen molar-refractivity contribution < 1.29 is 14.3 Å². The van der Waals surface area contributed by atoms with Crippen LogP contribution in [0.3, 0.4) is 0 Å². The first-order chi connectivity index (χ1) is 11.7. The number of carbonyl (C=O) groups is 1. The summed E-state index contributed by atoms with van der Waals surface area (Å²) in [5.74, 6) is 1.22. The maximum absolute atomic E-state index is 12.4. The van der Waals surface area contributed by atoms with Crippen molar-refractivity contribution in [2.24, 2.45) is 7.05 Å². The monoisotopic (exact) mass is 345 g/mol. The van der Waals surface area contributed by atoms with Crippen molar-refractivity contribution in [1.82, 2.24) is 9.78 Å². The van der Waals surface area contributed by atoms with Crippen molar-refractivity contribution in [2.75, 3.05) is 12.4 Å². The Morgan fingerprint density at radius 1 is 1.32 bits per heavy atom. The van der Waals surface area contributed by atoms with Gasteiger partial charge < -0.3 is 14.8 Å². The van der Waals surface area contributed by atoms with Crippen molar-refractivity contribution in [3.8, 4) is 5.75 Å². The fourth-order valence-electron chi connectivity index (χ4n) is 2.24. The summed E-state index contributed by atoms with van der Waals surface area (Å²) < 4.78 is 12.5. The second kappa shape index (κ2) is 7.70. The van der Waals surface area contributed by atoms with Crippen LogP contribution in [0.1, 0.15) is 39.0 Å². The first-order valence-corrected chi connectivity index (χ1v) is 8.30. The van der Waals surface area contributed by atoms with Gasteiger partial charge in [0.05, 0.1) is 19.4 Å². The molecule has 1 N–H and O–H groups in total. The van der Waals surface area contributed by atoms with Gasteiger partial charge in [0.2, 0.25) is 0 Å². The Morgan fingerprint density at radius 3 is 2.64 bits per heavy atom. The minimum atomic E-state index is -0.584. The molecule has 0 fully saturated rings. The van der Waals surface area contributed by atoms with Crippen LogP contribution in [0.2, 0.25) is 0 Å². The zero-order valence-electron chi connectivity index (χ0n) is 15.8. The summed E-state index contributed by atoms with van der Waals surface area (Å²) in [5, 5.41) is 7.33. The summed E-state index contributed by atoms with van der Waals surface area (Å²) in [4.78, 5) is 12.4. The number of amides is 1. The lowest BCUT2D eigenvalue weighted by atomic mass is 9.92. The summed E-state index contributed by atoms with van der Waals surface area (Å²) in [6, 6.07) is 9.48. The molecule has 0 spiro atoms. The van der Waals surface area contributed by atoms with Crippen molar-refractivity contribution in [2.45, 2.75) is 45.8 Å². The van der Waals surface area contributed by atoms with E-state index in [-0.39, 0.29) is 11.3 Å². The van der Waals surface area contributed by atoms with Crippen LogP contribution in [0.15, 0.2) is 30.3 Å². The normalized spacial score (nSPS) is 12.7. The molecule has 6 nitrogen and oxygen atoms in total. The maximum atomic E-state index is 12.4. The lowest BCUT2D eigenvalue weighted by Crippen LogP contribution is -2.28. The number of nitrogens with one attached hydrogen (secondary N) is 1. The van der Waals surface area contributed by atoms with Gasteiger partial charge in [-0.1, -0.05) is 32.9 Å². The van der Waals surface area contributed by atoms with E-state index in [4.69, 9.17) is 9.47 Å². The largest absolute Gasteiger partial charge is 0.497 e. The van der Waals surface area contributed by atoms with Crippen LogP contribution in [0, 0.1) is 0 Å². The number of aryl methyl sites for hydroxylation is 1. The van der Waals surface area contributed by atoms with E-state index in [1.807, 2.05) is 37.4 Å². The highest BCUT2D eigenvalue weighted by Gasteiger charge is 2.21. The molecule has 0 aliphatic heterocycles. The Kier molecular flexibility index (Phi) is 5.85. The predicted octanol–water partition coefficient (Wildman–Crippen LogP) is 3.27. The van der Waals surface area contributed by atoms with Crippen LogP contribution in [-0.2, 0) is 28.6 Å². The first kappa shape index (κ1) is 19.0. The van der Waals surface area contributed by atoms with Gasteiger partial charge in [0.15, 0.2) is 0 Å². The number of nitrogens with zero attached hydrogens (tertiary/aromatic N) is 2. The molecule has 2 rings (SSSR count). The van der Waals surface area contributed by atoms with Gasteiger partial charge in [-0.15, -0.1) is 0 Å². The highest BCUT2D eigenvalue weighted by Crippen LogP contribution is 2.23. The third-order valence-electron chi connectivity index (χ3n) is 3.90. The Bertz CT molecular complexity index is 732. The van der Waals surface area contributed by atoms with Gasteiger partial charge in [0, 0.05) is 18.5 Å². The molecule has 0 saturated carbocycles. The summed E-state index contributed by atoms with van der Waals surface area (Å²) >= 11 is 0. The molecule has 2 aromatic rings. The SMILES string of the molecule is COc1cccc(CO[C@@H](C)C(=O)Nc2cc(C(C)(C)C)nn2C)c1. The Hall–Kier alpha value is -2.34. The molecule has 1 aromatic carbocycles. The second-order valence-electron chi connectivity index (χ2n) is 7.08. The Balaban J connectivity index is 1.95. The molecular formula is C19H27N3O3. The van der Waals surface area contributed by atoms with Crippen molar-refractivity contribution in [3.63, 3.8) is 0 Å². The summed E-state index contributed by atoms with van der Waals surface area (Å²) in [6.07, 6.45) is -0.584. The zero-order valence-corrected chi connectivity index (χ0v) is 15.8. The average molecular weight is 345 g/mol. The quantitative estimate of drug-likeness (QED) is 0.873. The van der Waals surface area contributed by atoms with Crippen molar-refractivity contribution >= 4 is 11.7 Å². The van der Waals surface area contributed by atoms with E-state index < -0.39 is 6.10 Å². The number of methoxy groups -OCH3 is 1. The summed E-state index contributed by atoms with van der Waals surface area (Å²) in [6.45, 7) is 8.32. The average Bonchev–Trinajstić information content (AvgIpc) is 2.94. The van der Waals surface area contributed by atoms with Crippen LogP contribution >= 0.6 is 0 Å². The highest BCUT2D eigenvalue weighted by atomic mass is 16.5. The topological polar surface area (TPSA) is 65.4 Å². The van der Waals surface area contributed by atoms with Crippen LogP contribution in [0.25, 0.3) is 0 Å². The highest BCUT2D eigenvalue weighted by molar-refractivity contribution is 5.93. The number of benzene rings is 1. The molecule has 1 amide bonds. The third-order valence-corrected chi connectivity index (χ3v) is 3.90. The summed E-state index contributed by atoms with van der Waals surface area (Å²) in [7, 11) is 3.43. The number of aromatic nitrogens is 2. The van der Waals surface area contributed by atoms with Gasteiger partial charge in [0.25, 0.3) is 5.91 Å².